The van der Waals surface area contributed by atoms with E-state index in [1.54, 1.807) is 12.1 Å². The lowest BCUT2D eigenvalue weighted by atomic mass is 10.0. The quantitative estimate of drug-likeness (QED) is 0.690. The summed E-state index contributed by atoms with van der Waals surface area (Å²) in [5, 5.41) is 7.03. The van der Waals surface area contributed by atoms with Crippen LogP contribution in [0, 0.1) is 0 Å². The molecule has 0 aliphatic carbocycles. The Morgan fingerprint density at radius 1 is 1.32 bits per heavy atom. The van der Waals surface area contributed by atoms with Crippen molar-refractivity contribution in [3.63, 3.8) is 0 Å². The van der Waals surface area contributed by atoms with Gasteiger partial charge in [-0.2, -0.15) is 9.52 Å². The topological polar surface area (TPSA) is 91.8 Å². The molecule has 7 nitrogen and oxygen atoms in total. The van der Waals surface area contributed by atoms with Crippen molar-refractivity contribution < 1.29 is 13.2 Å². The molecule has 1 N–H and O–H groups in total. The molecule has 2 aromatic heterocycles. The molecule has 0 fully saturated rings. The highest BCUT2D eigenvalue weighted by Crippen LogP contribution is 2.35. The normalized spacial score (nSPS) is 17.1. The summed E-state index contributed by atoms with van der Waals surface area (Å²) in [6, 6.07) is 10.3. The number of ether oxygens (including phenoxy) is 1. The van der Waals surface area contributed by atoms with Crippen LogP contribution in [0.1, 0.15) is 29.8 Å². The van der Waals surface area contributed by atoms with E-state index in [2.05, 4.69) is 10.1 Å². The lowest BCUT2D eigenvalue weighted by Gasteiger charge is -2.21. The van der Waals surface area contributed by atoms with Crippen LogP contribution in [0.5, 0.6) is 5.75 Å². The third kappa shape index (κ3) is 3.43. The molecule has 1 aliphatic heterocycles. The standard InChI is InChI=1S/C19H19N3O4S2/c1-3-26-13-7-6-12-9-14(19(23)20-15(12)10-13)17-11-16(18-5-4-8-27-18)21-22(17)28(2,24)25/h4-10,17H,3,11H2,1-2H3,(H,20,23). The maximum atomic E-state index is 12.8. The van der Waals surface area contributed by atoms with E-state index in [1.807, 2.05) is 36.6 Å². The fraction of sp³-hybridized carbons (Fsp3) is 0.263. The van der Waals surface area contributed by atoms with Gasteiger partial charge >= 0.3 is 0 Å². The van der Waals surface area contributed by atoms with Gasteiger partial charge in [-0.05, 0) is 42.0 Å². The number of fused-ring (bicyclic) bond motifs is 1. The van der Waals surface area contributed by atoms with Gasteiger partial charge in [0.15, 0.2) is 0 Å². The highest BCUT2D eigenvalue weighted by Gasteiger charge is 2.36. The molecule has 0 spiro atoms. The molecule has 0 saturated carbocycles. The zero-order valence-electron chi connectivity index (χ0n) is 15.4. The van der Waals surface area contributed by atoms with Gasteiger partial charge in [0, 0.05) is 18.1 Å². The van der Waals surface area contributed by atoms with Crippen LogP contribution in [0.4, 0.5) is 0 Å². The number of benzene rings is 1. The van der Waals surface area contributed by atoms with Crippen LogP contribution in [-0.4, -0.2) is 36.4 Å². The van der Waals surface area contributed by atoms with Gasteiger partial charge in [-0.25, -0.2) is 8.42 Å². The van der Waals surface area contributed by atoms with Gasteiger partial charge in [0.05, 0.1) is 35.0 Å². The van der Waals surface area contributed by atoms with Gasteiger partial charge in [0.2, 0.25) is 10.0 Å². The molecule has 28 heavy (non-hydrogen) atoms. The van der Waals surface area contributed by atoms with Crippen molar-refractivity contribution in [2.45, 2.75) is 19.4 Å². The third-order valence-corrected chi connectivity index (χ3v) is 6.47. The minimum Gasteiger partial charge on any atom is -0.494 e. The van der Waals surface area contributed by atoms with Gasteiger partial charge in [-0.15, -0.1) is 11.3 Å². The van der Waals surface area contributed by atoms with Crippen molar-refractivity contribution in [1.29, 1.82) is 0 Å². The molecular formula is C19H19N3O4S2. The molecule has 0 bridgehead atoms. The summed E-state index contributed by atoms with van der Waals surface area (Å²) in [6.07, 6.45) is 1.45. The Hall–Kier alpha value is -2.65. The Morgan fingerprint density at radius 2 is 2.14 bits per heavy atom. The summed E-state index contributed by atoms with van der Waals surface area (Å²) in [4.78, 5) is 16.5. The molecule has 4 rings (SSSR count). The lowest BCUT2D eigenvalue weighted by Crippen LogP contribution is -2.30. The molecular weight excluding hydrogens is 398 g/mol. The molecule has 1 atom stereocenters. The second kappa shape index (κ2) is 7.06. The van der Waals surface area contributed by atoms with E-state index in [-0.39, 0.29) is 5.56 Å². The predicted octanol–water partition coefficient (Wildman–Crippen LogP) is 3.10. The number of aromatic nitrogens is 1. The van der Waals surface area contributed by atoms with E-state index in [1.165, 1.54) is 11.3 Å². The first-order chi connectivity index (χ1) is 13.4. The third-order valence-electron chi connectivity index (χ3n) is 4.53. The van der Waals surface area contributed by atoms with Crippen molar-refractivity contribution >= 4 is 38.0 Å². The highest BCUT2D eigenvalue weighted by atomic mass is 32.2. The molecule has 1 aliphatic rings. The van der Waals surface area contributed by atoms with E-state index in [9.17, 15) is 13.2 Å². The number of aromatic amines is 1. The maximum Gasteiger partial charge on any atom is 0.253 e. The van der Waals surface area contributed by atoms with Crippen molar-refractivity contribution in [1.82, 2.24) is 9.40 Å². The summed E-state index contributed by atoms with van der Waals surface area (Å²) in [5.41, 5.74) is 1.35. The van der Waals surface area contributed by atoms with Gasteiger partial charge in [0.25, 0.3) is 5.56 Å². The maximum absolute atomic E-state index is 12.8. The molecule has 0 amide bonds. The van der Waals surface area contributed by atoms with E-state index in [0.717, 1.165) is 20.9 Å². The molecule has 3 aromatic rings. The molecule has 0 saturated heterocycles. The second-order valence-electron chi connectivity index (χ2n) is 6.52. The van der Waals surface area contributed by atoms with E-state index >= 15 is 0 Å². The van der Waals surface area contributed by atoms with Crippen LogP contribution in [-0.2, 0) is 10.0 Å². The first-order valence-electron chi connectivity index (χ1n) is 8.77. The van der Waals surface area contributed by atoms with Crippen LogP contribution in [0.2, 0.25) is 0 Å². The van der Waals surface area contributed by atoms with E-state index < -0.39 is 16.1 Å². The molecule has 9 heteroatoms. The number of sulfonamides is 1. The summed E-state index contributed by atoms with van der Waals surface area (Å²) < 4.78 is 31.2. The summed E-state index contributed by atoms with van der Waals surface area (Å²) in [6.45, 7) is 2.42. The summed E-state index contributed by atoms with van der Waals surface area (Å²) >= 11 is 1.49. The number of nitrogens with one attached hydrogen (secondary N) is 1. The largest absolute Gasteiger partial charge is 0.494 e. The first kappa shape index (κ1) is 18.7. The van der Waals surface area contributed by atoms with Gasteiger partial charge in [-0.1, -0.05) is 6.07 Å². The van der Waals surface area contributed by atoms with Crippen LogP contribution >= 0.6 is 11.3 Å². The smallest absolute Gasteiger partial charge is 0.253 e. The van der Waals surface area contributed by atoms with Crippen LogP contribution in [0.3, 0.4) is 0 Å². The average Bonchev–Trinajstić information content (AvgIpc) is 3.30. The monoisotopic (exact) mass is 417 g/mol. The van der Waals surface area contributed by atoms with Gasteiger partial charge in [-0.3, -0.25) is 4.79 Å². The zero-order chi connectivity index (χ0) is 19.9. The minimum absolute atomic E-state index is 0.331. The number of hydrogen-bond donors (Lipinski definition) is 1. The Labute approximate surface area is 166 Å². The predicted molar refractivity (Wildman–Crippen MR) is 111 cm³/mol. The Balaban J connectivity index is 1.78. The number of hydrazone groups is 1. The zero-order valence-corrected chi connectivity index (χ0v) is 17.0. The van der Waals surface area contributed by atoms with Crippen molar-refractivity contribution in [2.24, 2.45) is 5.10 Å². The number of H-pyrrole nitrogens is 1. The van der Waals surface area contributed by atoms with Crippen molar-refractivity contribution in [3.8, 4) is 5.75 Å². The lowest BCUT2D eigenvalue weighted by molar-refractivity contribution is 0.340. The minimum atomic E-state index is -3.63. The number of pyridine rings is 1. The number of hydrogen-bond acceptors (Lipinski definition) is 6. The molecule has 1 unspecified atom stereocenters. The van der Waals surface area contributed by atoms with Crippen LogP contribution in [0.15, 0.2) is 51.7 Å². The SMILES string of the molecule is CCOc1ccc2cc(C3CC(c4cccs4)=NN3S(C)(=O)=O)c(=O)[nH]c2c1. The Bertz CT molecular complexity index is 1210. The molecule has 0 radical (unpaired) electrons. The molecule has 1 aromatic carbocycles. The number of rotatable bonds is 5. The molecule has 146 valence electrons. The Morgan fingerprint density at radius 3 is 2.82 bits per heavy atom. The summed E-state index contributed by atoms with van der Waals surface area (Å²) in [5.74, 6) is 0.667. The van der Waals surface area contributed by atoms with Crippen LogP contribution in [0.25, 0.3) is 10.9 Å². The van der Waals surface area contributed by atoms with Gasteiger partial charge in [0.1, 0.15) is 5.75 Å². The highest BCUT2D eigenvalue weighted by molar-refractivity contribution is 7.88. The van der Waals surface area contributed by atoms with Crippen molar-refractivity contribution in [2.75, 3.05) is 12.9 Å². The summed E-state index contributed by atoms with van der Waals surface area (Å²) in [7, 11) is -3.63. The van der Waals surface area contributed by atoms with E-state index in [0.29, 0.717) is 35.6 Å². The first-order valence-corrected chi connectivity index (χ1v) is 11.5. The average molecular weight is 418 g/mol. The number of nitrogens with zero attached hydrogens (tertiary/aromatic N) is 2. The van der Waals surface area contributed by atoms with Crippen molar-refractivity contribution in [3.05, 3.63) is 62.6 Å². The number of thiophene rings is 1. The van der Waals surface area contributed by atoms with E-state index in [4.69, 9.17) is 4.74 Å². The Kier molecular flexibility index (Phi) is 4.72. The molecule has 3 heterocycles. The fourth-order valence-electron chi connectivity index (χ4n) is 3.32. The van der Waals surface area contributed by atoms with Gasteiger partial charge < -0.3 is 9.72 Å². The second-order valence-corrected chi connectivity index (χ2v) is 9.30. The van der Waals surface area contributed by atoms with Crippen LogP contribution < -0.4 is 10.3 Å². The fourth-order valence-corrected chi connectivity index (χ4v) is 4.94.